The topological polar surface area (TPSA) is 130 Å². The molecule has 0 radical (unpaired) electrons. The van der Waals surface area contributed by atoms with Gasteiger partial charge in [-0.1, -0.05) is 0 Å². The molecular formula is H3B2Li3O6. The van der Waals surface area contributed by atoms with Crippen molar-refractivity contribution < 1.29 is 86.7 Å². The number of hydrogen-bond acceptors (Lipinski definition) is 6. The maximum absolute atomic E-state index is 8.42. The van der Waals surface area contributed by atoms with Crippen molar-refractivity contribution in [1.82, 2.24) is 0 Å². The van der Waals surface area contributed by atoms with Crippen molar-refractivity contribution in [2.75, 3.05) is 0 Å². The summed E-state index contributed by atoms with van der Waals surface area (Å²) in [5.41, 5.74) is 0. The summed E-state index contributed by atoms with van der Waals surface area (Å²) in [6, 6.07) is 0. The number of rotatable bonds is 0. The fourth-order valence-corrected chi connectivity index (χ4v) is 0. The molecule has 0 aliphatic rings. The van der Waals surface area contributed by atoms with E-state index in [1.807, 2.05) is 0 Å². The molecule has 48 valence electrons. The minimum Gasteiger partial charge on any atom is -0.907 e. The van der Waals surface area contributed by atoms with Gasteiger partial charge in [0.15, 0.2) is 0 Å². The molecule has 0 aliphatic carbocycles. The van der Waals surface area contributed by atoms with Gasteiger partial charge >= 0.3 is 63.9 Å². The van der Waals surface area contributed by atoms with Crippen molar-refractivity contribution in [3.8, 4) is 0 Å². The van der Waals surface area contributed by atoms with E-state index in [0.29, 0.717) is 0 Å². The second-order valence-corrected chi connectivity index (χ2v) is 0.635. The summed E-state index contributed by atoms with van der Waals surface area (Å²) in [6.07, 6.45) is 0. The van der Waals surface area contributed by atoms with E-state index in [4.69, 9.17) is 30.1 Å². The summed E-state index contributed by atoms with van der Waals surface area (Å²) in [5, 5.41) is 46.7. The van der Waals surface area contributed by atoms with Crippen LogP contribution in [0.5, 0.6) is 0 Å². The minimum absolute atomic E-state index is 0. The van der Waals surface area contributed by atoms with Gasteiger partial charge in [-0.15, -0.1) is 0 Å². The van der Waals surface area contributed by atoms with Crippen LogP contribution in [0, 0.1) is 0 Å². The van der Waals surface area contributed by atoms with Crippen LogP contribution in [-0.4, -0.2) is 29.7 Å². The molecule has 0 amide bonds. The van der Waals surface area contributed by atoms with Gasteiger partial charge in [-0.05, 0) is 0 Å². The summed E-state index contributed by atoms with van der Waals surface area (Å²) in [6.45, 7) is 0. The van der Waals surface area contributed by atoms with E-state index in [0.717, 1.165) is 0 Å². The first-order valence-electron chi connectivity index (χ1n) is 1.48. The molecule has 0 saturated heterocycles. The number of hydrogen-bond donors (Lipinski definition) is 3. The Balaban J connectivity index is -0.0000000171. The summed E-state index contributed by atoms with van der Waals surface area (Å²) in [7, 11) is -5.08. The smallest absolute Gasteiger partial charge is 0.907 e. The van der Waals surface area contributed by atoms with Gasteiger partial charge < -0.3 is 30.1 Å². The van der Waals surface area contributed by atoms with Crippen LogP contribution in [0.4, 0.5) is 0 Å². The molecule has 0 aromatic rings. The molecule has 6 nitrogen and oxygen atoms in total. The Morgan fingerprint density at radius 3 is 0.727 bits per heavy atom. The van der Waals surface area contributed by atoms with Gasteiger partial charge in [0.25, 0.3) is 0 Å². The second-order valence-electron chi connectivity index (χ2n) is 0.635. The van der Waals surface area contributed by atoms with Crippen molar-refractivity contribution in [2.45, 2.75) is 0 Å². The molecule has 0 atom stereocenters. The van der Waals surface area contributed by atoms with Gasteiger partial charge in [-0.2, -0.15) is 0 Å². The van der Waals surface area contributed by atoms with E-state index >= 15 is 0 Å². The van der Waals surface area contributed by atoms with E-state index in [9.17, 15) is 0 Å². The van der Waals surface area contributed by atoms with Crippen LogP contribution >= 0.6 is 0 Å². The fourth-order valence-electron chi connectivity index (χ4n) is 0. The third-order valence-electron chi connectivity index (χ3n) is 0. The van der Waals surface area contributed by atoms with E-state index in [1.54, 1.807) is 0 Å². The zero-order valence-corrected chi connectivity index (χ0v) is 6.72. The standard InChI is InChI=1S/BH3O3.BO3.3Li/c2*2-1(3)4;;;/h2-4H;;;;/q;-3;3*+1. The fraction of sp³-hybridized carbons (Fsp3) is 0. The predicted molar refractivity (Wildman–Crippen MR) is 18.2 cm³/mol. The Bertz CT molecular complexity index is 31.3. The molecule has 11 heavy (non-hydrogen) atoms. The van der Waals surface area contributed by atoms with Crippen molar-refractivity contribution in [1.29, 1.82) is 0 Å². The molecular weight excluding hydrogens is 138 g/mol. The Labute approximate surface area is 101 Å². The van der Waals surface area contributed by atoms with E-state index < -0.39 is 14.6 Å². The monoisotopic (exact) mass is 142 g/mol. The Morgan fingerprint density at radius 2 is 0.727 bits per heavy atom. The van der Waals surface area contributed by atoms with Crippen LogP contribution in [0.1, 0.15) is 0 Å². The van der Waals surface area contributed by atoms with Gasteiger partial charge in [-0.25, -0.2) is 0 Å². The van der Waals surface area contributed by atoms with Gasteiger partial charge in [0.1, 0.15) is 0 Å². The quantitative estimate of drug-likeness (QED) is 0.287. The average Bonchev–Trinajstić information content (AvgIpc) is 1.25. The van der Waals surface area contributed by atoms with E-state index in [1.165, 1.54) is 0 Å². The molecule has 0 unspecified atom stereocenters. The molecule has 0 rings (SSSR count). The Hall–Kier alpha value is 1.68. The van der Waals surface area contributed by atoms with Gasteiger partial charge in [0.2, 0.25) is 0 Å². The molecule has 0 fully saturated rings. The van der Waals surface area contributed by atoms with Crippen LogP contribution < -0.4 is 71.7 Å². The van der Waals surface area contributed by atoms with Crippen LogP contribution in [0.15, 0.2) is 0 Å². The molecule has 11 heteroatoms. The van der Waals surface area contributed by atoms with Gasteiger partial charge in [0, 0.05) is 0 Å². The average molecular weight is 141 g/mol. The molecule has 0 spiro atoms. The second kappa shape index (κ2) is 22.6. The molecule has 3 N–H and O–H groups in total. The van der Waals surface area contributed by atoms with Crippen molar-refractivity contribution in [3.63, 3.8) is 0 Å². The maximum atomic E-state index is 8.42. The first-order chi connectivity index (χ1) is 3.46. The summed E-state index contributed by atoms with van der Waals surface area (Å²) in [4.78, 5) is 0. The molecule has 0 aromatic carbocycles. The van der Waals surface area contributed by atoms with Crippen LogP contribution in [0.2, 0.25) is 0 Å². The molecule has 0 aromatic heterocycles. The normalized spacial score (nSPS) is 4.91. The summed E-state index contributed by atoms with van der Waals surface area (Å²) >= 11 is 0. The summed E-state index contributed by atoms with van der Waals surface area (Å²) < 4.78 is 0. The molecule has 0 aliphatic heterocycles. The Morgan fingerprint density at radius 1 is 0.727 bits per heavy atom. The molecule has 0 bridgehead atoms. The van der Waals surface area contributed by atoms with Crippen molar-refractivity contribution >= 4 is 14.6 Å². The minimum atomic E-state index is -2.92. The predicted octanol–water partition coefficient (Wildman–Crippen LogP) is -15.0. The van der Waals surface area contributed by atoms with Crippen LogP contribution in [0.25, 0.3) is 0 Å². The van der Waals surface area contributed by atoms with Gasteiger partial charge in [0.05, 0.1) is 0 Å². The first-order valence-corrected chi connectivity index (χ1v) is 1.48. The third-order valence-corrected chi connectivity index (χ3v) is 0. The zero-order chi connectivity index (χ0) is 7.15. The summed E-state index contributed by atoms with van der Waals surface area (Å²) in [5.74, 6) is 0. The van der Waals surface area contributed by atoms with Crippen LogP contribution in [0.3, 0.4) is 0 Å². The Kier molecular flexibility index (Phi) is 60.2. The zero-order valence-electron chi connectivity index (χ0n) is 6.72. The van der Waals surface area contributed by atoms with Crippen LogP contribution in [-0.2, 0) is 0 Å². The SMILES string of the molecule is OB(O)O.[Li+].[Li+].[Li+].[O-]B([O-])[O-]. The van der Waals surface area contributed by atoms with E-state index in [-0.39, 0.29) is 56.6 Å². The molecule has 0 saturated carbocycles. The maximum Gasteiger partial charge on any atom is 1.00 e. The van der Waals surface area contributed by atoms with E-state index in [2.05, 4.69) is 0 Å². The molecule has 0 heterocycles. The third kappa shape index (κ3) is 387. The van der Waals surface area contributed by atoms with Crippen molar-refractivity contribution in [2.24, 2.45) is 0 Å². The largest absolute Gasteiger partial charge is 1.00 e. The van der Waals surface area contributed by atoms with Crippen molar-refractivity contribution in [3.05, 3.63) is 0 Å². The first kappa shape index (κ1) is 29.3. The van der Waals surface area contributed by atoms with Gasteiger partial charge in [-0.3, -0.25) is 7.32 Å².